The highest BCUT2D eigenvalue weighted by molar-refractivity contribution is 5.97. The van der Waals surface area contributed by atoms with Crippen LogP contribution in [0, 0.1) is 5.92 Å². The highest BCUT2D eigenvalue weighted by atomic mass is 16.3. The number of carbonyl (C=O) groups excluding carboxylic acids is 1. The summed E-state index contributed by atoms with van der Waals surface area (Å²) < 4.78 is 0. The van der Waals surface area contributed by atoms with E-state index in [0.29, 0.717) is 5.56 Å². The van der Waals surface area contributed by atoms with E-state index < -0.39 is 0 Å². The van der Waals surface area contributed by atoms with Crippen LogP contribution < -0.4 is 4.90 Å². The molecule has 0 amide bonds. The van der Waals surface area contributed by atoms with E-state index in [-0.39, 0.29) is 11.5 Å². The molecule has 0 aliphatic heterocycles. The number of ketones is 1. The number of hydrogen-bond donors (Lipinski definition) is 1. The molecule has 0 aromatic heterocycles. The van der Waals surface area contributed by atoms with Crippen LogP contribution in [0.3, 0.4) is 0 Å². The third-order valence-electron chi connectivity index (χ3n) is 3.03. The Balaban J connectivity index is 2.15. The van der Waals surface area contributed by atoms with Gasteiger partial charge in [0.05, 0.1) is 5.56 Å². The number of hydrogen-bond acceptors (Lipinski definition) is 3. The number of rotatable bonds is 4. The monoisotopic (exact) mass is 219 g/mol. The molecule has 2 rings (SSSR count). The van der Waals surface area contributed by atoms with Gasteiger partial charge in [-0.25, -0.2) is 0 Å². The normalized spacial score (nSPS) is 14.9. The molecule has 0 heterocycles. The number of anilines is 1. The molecular weight excluding hydrogens is 202 g/mol. The molecule has 3 nitrogen and oxygen atoms in total. The van der Waals surface area contributed by atoms with Crippen LogP contribution in [0.2, 0.25) is 0 Å². The van der Waals surface area contributed by atoms with E-state index in [1.54, 1.807) is 12.1 Å². The number of Topliss-reactive ketones (excluding diaryl/α,β-unsaturated/α-hetero) is 1. The van der Waals surface area contributed by atoms with Gasteiger partial charge < -0.3 is 10.0 Å². The second kappa shape index (κ2) is 4.16. The lowest BCUT2D eigenvalue weighted by Gasteiger charge is -2.19. The van der Waals surface area contributed by atoms with Gasteiger partial charge in [0.2, 0.25) is 0 Å². The van der Waals surface area contributed by atoms with Crippen LogP contribution in [0.5, 0.6) is 5.75 Å². The van der Waals surface area contributed by atoms with E-state index >= 15 is 0 Å². The van der Waals surface area contributed by atoms with Crippen LogP contribution in [0.1, 0.15) is 30.1 Å². The van der Waals surface area contributed by atoms with Crippen molar-refractivity contribution in [3.05, 3.63) is 23.8 Å². The summed E-state index contributed by atoms with van der Waals surface area (Å²) in [5.41, 5.74) is 1.36. The average molecular weight is 219 g/mol. The van der Waals surface area contributed by atoms with Gasteiger partial charge in [-0.15, -0.1) is 0 Å². The molecule has 0 bridgehead atoms. The summed E-state index contributed by atoms with van der Waals surface area (Å²) in [5, 5.41) is 9.71. The van der Waals surface area contributed by atoms with Crippen LogP contribution in [0.25, 0.3) is 0 Å². The van der Waals surface area contributed by atoms with Crippen molar-refractivity contribution in [2.24, 2.45) is 5.92 Å². The fourth-order valence-corrected chi connectivity index (χ4v) is 1.85. The Kier molecular flexibility index (Phi) is 2.86. The Morgan fingerprint density at radius 2 is 2.19 bits per heavy atom. The van der Waals surface area contributed by atoms with Crippen molar-refractivity contribution in [1.82, 2.24) is 0 Å². The Morgan fingerprint density at radius 1 is 1.50 bits per heavy atom. The predicted molar refractivity (Wildman–Crippen MR) is 64.1 cm³/mol. The van der Waals surface area contributed by atoms with Gasteiger partial charge in [-0.3, -0.25) is 4.79 Å². The minimum atomic E-state index is -0.103. The van der Waals surface area contributed by atoms with Crippen molar-refractivity contribution in [3.8, 4) is 5.75 Å². The minimum Gasteiger partial charge on any atom is -0.507 e. The van der Waals surface area contributed by atoms with Crippen LogP contribution >= 0.6 is 0 Å². The molecule has 0 unspecified atom stereocenters. The topological polar surface area (TPSA) is 40.5 Å². The molecule has 1 fully saturated rings. The number of phenolic OH excluding ortho intramolecular Hbond substituents is 1. The van der Waals surface area contributed by atoms with E-state index in [2.05, 4.69) is 4.90 Å². The van der Waals surface area contributed by atoms with Crippen LogP contribution in [-0.4, -0.2) is 24.5 Å². The Hall–Kier alpha value is -1.51. The Labute approximate surface area is 95.7 Å². The van der Waals surface area contributed by atoms with Crippen LogP contribution in [0.4, 0.5) is 5.69 Å². The summed E-state index contributed by atoms with van der Waals surface area (Å²) in [5.74, 6) is 0.779. The standard InChI is InChI=1S/C13H17NO2/c1-9(15)12-6-5-11(7-13(12)16)14(2)8-10-3-4-10/h5-7,10,16H,3-4,8H2,1-2H3. The Bertz CT molecular complexity index is 410. The lowest BCUT2D eigenvalue weighted by atomic mass is 10.1. The van der Waals surface area contributed by atoms with Crippen LogP contribution in [-0.2, 0) is 0 Å². The molecule has 3 heteroatoms. The molecule has 0 spiro atoms. The second-order valence-electron chi connectivity index (χ2n) is 4.58. The molecule has 16 heavy (non-hydrogen) atoms. The first-order valence-electron chi connectivity index (χ1n) is 5.63. The summed E-state index contributed by atoms with van der Waals surface area (Å²) >= 11 is 0. The van der Waals surface area contributed by atoms with E-state index in [1.165, 1.54) is 19.8 Å². The highest BCUT2D eigenvalue weighted by Crippen LogP contribution is 2.32. The van der Waals surface area contributed by atoms with Gasteiger partial charge in [-0.1, -0.05) is 0 Å². The summed E-state index contributed by atoms with van der Waals surface area (Å²) in [7, 11) is 2.01. The van der Waals surface area contributed by atoms with Gasteiger partial charge in [0.25, 0.3) is 0 Å². The number of nitrogens with zero attached hydrogens (tertiary/aromatic N) is 1. The second-order valence-corrected chi connectivity index (χ2v) is 4.58. The van der Waals surface area contributed by atoms with E-state index in [0.717, 1.165) is 18.2 Å². The zero-order chi connectivity index (χ0) is 11.7. The summed E-state index contributed by atoms with van der Waals surface area (Å²) in [6, 6.07) is 5.24. The van der Waals surface area contributed by atoms with Crippen molar-refractivity contribution < 1.29 is 9.90 Å². The lowest BCUT2D eigenvalue weighted by Crippen LogP contribution is -2.19. The summed E-state index contributed by atoms with van der Waals surface area (Å²) in [4.78, 5) is 13.3. The lowest BCUT2D eigenvalue weighted by molar-refractivity contribution is 0.101. The molecule has 1 aliphatic rings. The van der Waals surface area contributed by atoms with Gasteiger partial charge >= 0.3 is 0 Å². The maximum atomic E-state index is 11.2. The zero-order valence-electron chi connectivity index (χ0n) is 9.73. The first kappa shape index (κ1) is 11.0. The maximum Gasteiger partial charge on any atom is 0.163 e. The highest BCUT2D eigenvalue weighted by Gasteiger charge is 2.23. The quantitative estimate of drug-likeness (QED) is 0.791. The average Bonchev–Trinajstić information content (AvgIpc) is 3.00. The van der Waals surface area contributed by atoms with Crippen molar-refractivity contribution in [2.75, 3.05) is 18.5 Å². The van der Waals surface area contributed by atoms with Gasteiger partial charge in [-0.2, -0.15) is 0 Å². The zero-order valence-corrected chi connectivity index (χ0v) is 9.73. The molecule has 86 valence electrons. The minimum absolute atomic E-state index is 0.0765. The van der Waals surface area contributed by atoms with Gasteiger partial charge in [0.15, 0.2) is 5.78 Å². The molecule has 0 atom stereocenters. The molecule has 1 aromatic rings. The first-order valence-corrected chi connectivity index (χ1v) is 5.63. The fourth-order valence-electron chi connectivity index (χ4n) is 1.85. The largest absolute Gasteiger partial charge is 0.507 e. The molecule has 1 aliphatic carbocycles. The number of aromatic hydroxyl groups is 1. The summed E-state index contributed by atoms with van der Waals surface area (Å²) in [6.45, 7) is 2.49. The van der Waals surface area contributed by atoms with Crippen LogP contribution in [0.15, 0.2) is 18.2 Å². The van der Waals surface area contributed by atoms with Gasteiger partial charge in [-0.05, 0) is 37.8 Å². The van der Waals surface area contributed by atoms with Gasteiger partial charge in [0, 0.05) is 25.3 Å². The smallest absolute Gasteiger partial charge is 0.163 e. The Morgan fingerprint density at radius 3 is 2.69 bits per heavy atom. The van der Waals surface area contributed by atoms with Crippen molar-refractivity contribution >= 4 is 11.5 Å². The van der Waals surface area contributed by atoms with Gasteiger partial charge in [0.1, 0.15) is 5.75 Å². The molecule has 1 saturated carbocycles. The number of benzene rings is 1. The molecular formula is C13H17NO2. The van der Waals surface area contributed by atoms with Crippen molar-refractivity contribution in [3.63, 3.8) is 0 Å². The van der Waals surface area contributed by atoms with E-state index in [9.17, 15) is 9.90 Å². The molecule has 0 saturated heterocycles. The maximum absolute atomic E-state index is 11.2. The van der Waals surface area contributed by atoms with E-state index in [1.807, 2.05) is 13.1 Å². The number of phenols is 1. The SMILES string of the molecule is CC(=O)c1ccc(N(C)CC2CC2)cc1O. The van der Waals surface area contributed by atoms with Crippen molar-refractivity contribution in [1.29, 1.82) is 0 Å². The third-order valence-corrected chi connectivity index (χ3v) is 3.03. The fraction of sp³-hybridized carbons (Fsp3) is 0.462. The summed E-state index contributed by atoms with van der Waals surface area (Å²) in [6.07, 6.45) is 2.61. The number of carbonyl (C=O) groups is 1. The molecule has 0 radical (unpaired) electrons. The molecule has 1 N–H and O–H groups in total. The predicted octanol–water partition coefficient (Wildman–Crippen LogP) is 2.44. The van der Waals surface area contributed by atoms with E-state index in [4.69, 9.17) is 0 Å². The molecule has 1 aromatic carbocycles. The van der Waals surface area contributed by atoms with Crippen molar-refractivity contribution in [2.45, 2.75) is 19.8 Å². The first-order chi connectivity index (χ1) is 7.58. The third kappa shape index (κ3) is 2.35.